The summed E-state index contributed by atoms with van der Waals surface area (Å²) < 4.78 is 6.75. The number of hydrogen-bond acceptors (Lipinski definition) is 5. The van der Waals surface area contributed by atoms with Crippen LogP contribution in [0.1, 0.15) is 15.9 Å². The number of nitrogens with zero attached hydrogens (tertiary/aromatic N) is 3. The molecule has 0 unspecified atom stereocenters. The van der Waals surface area contributed by atoms with Crippen LogP contribution in [0.5, 0.6) is 5.75 Å². The molecule has 0 atom stereocenters. The van der Waals surface area contributed by atoms with Crippen molar-refractivity contribution >= 4 is 29.0 Å². The number of aromatic nitrogens is 2. The van der Waals surface area contributed by atoms with Crippen LogP contribution in [0, 0.1) is 10.1 Å². The minimum Gasteiger partial charge on any atom is -0.497 e. The van der Waals surface area contributed by atoms with Crippen molar-refractivity contribution in [3.8, 4) is 5.75 Å². The minimum atomic E-state index is -0.572. The second-order valence-electron chi connectivity index (χ2n) is 5.60. The van der Waals surface area contributed by atoms with Gasteiger partial charge < -0.3 is 10.1 Å². The van der Waals surface area contributed by atoms with Gasteiger partial charge in [0.25, 0.3) is 11.6 Å². The van der Waals surface area contributed by atoms with Crippen LogP contribution < -0.4 is 10.1 Å². The van der Waals surface area contributed by atoms with Crippen molar-refractivity contribution in [2.24, 2.45) is 0 Å². The molecule has 0 spiro atoms. The van der Waals surface area contributed by atoms with Gasteiger partial charge in [-0.05, 0) is 23.8 Å². The molecule has 3 rings (SSSR count). The number of anilines is 1. The molecule has 1 N–H and O–H groups in total. The molecule has 8 nitrogen and oxygen atoms in total. The Morgan fingerprint density at radius 3 is 2.63 bits per heavy atom. The van der Waals surface area contributed by atoms with Crippen molar-refractivity contribution in [1.82, 2.24) is 9.78 Å². The molecule has 0 saturated carbocycles. The highest BCUT2D eigenvalue weighted by molar-refractivity contribution is 6.34. The number of methoxy groups -OCH3 is 1. The summed E-state index contributed by atoms with van der Waals surface area (Å²) in [6, 6.07) is 12.8. The van der Waals surface area contributed by atoms with E-state index < -0.39 is 10.8 Å². The van der Waals surface area contributed by atoms with Gasteiger partial charge in [-0.25, -0.2) is 4.68 Å². The molecule has 1 heterocycles. The first-order valence-corrected chi connectivity index (χ1v) is 8.26. The molecule has 0 saturated heterocycles. The Morgan fingerprint density at radius 2 is 2.00 bits per heavy atom. The Hall–Kier alpha value is -3.39. The number of nitro benzene ring substituents is 1. The van der Waals surface area contributed by atoms with E-state index in [0.717, 1.165) is 17.4 Å². The van der Waals surface area contributed by atoms with Crippen LogP contribution >= 0.6 is 11.6 Å². The maximum atomic E-state index is 12.5. The van der Waals surface area contributed by atoms with Crippen LogP contribution in [0.3, 0.4) is 0 Å². The average Bonchev–Trinajstić information content (AvgIpc) is 3.08. The molecule has 0 bridgehead atoms. The predicted molar refractivity (Wildman–Crippen MR) is 100 cm³/mol. The van der Waals surface area contributed by atoms with Gasteiger partial charge in [0, 0.05) is 18.2 Å². The van der Waals surface area contributed by atoms with Gasteiger partial charge in [-0.3, -0.25) is 14.9 Å². The maximum Gasteiger partial charge on any atom is 0.270 e. The van der Waals surface area contributed by atoms with Crippen molar-refractivity contribution in [2.75, 3.05) is 12.4 Å². The molecule has 0 fully saturated rings. The van der Waals surface area contributed by atoms with E-state index in [1.807, 2.05) is 24.3 Å². The summed E-state index contributed by atoms with van der Waals surface area (Å²) in [5, 5.41) is 17.7. The maximum absolute atomic E-state index is 12.5. The number of ether oxygens (including phenoxy) is 1. The number of non-ortho nitro benzene ring substituents is 1. The second-order valence-corrected chi connectivity index (χ2v) is 6.00. The number of amides is 1. The van der Waals surface area contributed by atoms with E-state index in [4.69, 9.17) is 16.3 Å². The summed E-state index contributed by atoms with van der Waals surface area (Å²) in [4.78, 5) is 22.7. The Bertz CT molecular complexity index is 985. The number of rotatable bonds is 6. The zero-order valence-electron chi connectivity index (χ0n) is 14.3. The minimum absolute atomic E-state index is 0.00270. The molecule has 0 radical (unpaired) electrons. The normalized spacial score (nSPS) is 10.4. The van der Waals surface area contributed by atoms with E-state index in [-0.39, 0.29) is 16.3 Å². The van der Waals surface area contributed by atoms with Crippen LogP contribution in [-0.2, 0) is 6.54 Å². The van der Waals surface area contributed by atoms with Gasteiger partial charge in [0.2, 0.25) is 0 Å². The molecule has 2 aromatic carbocycles. The zero-order chi connectivity index (χ0) is 19.4. The van der Waals surface area contributed by atoms with E-state index in [9.17, 15) is 14.9 Å². The smallest absolute Gasteiger partial charge is 0.270 e. The van der Waals surface area contributed by atoms with Crippen molar-refractivity contribution in [1.29, 1.82) is 0 Å². The van der Waals surface area contributed by atoms with Gasteiger partial charge in [0.1, 0.15) is 11.6 Å². The molecule has 0 aliphatic carbocycles. The molecule has 3 aromatic rings. The molecule has 1 aromatic heterocycles. The first-order chi connectivity index (χ1) is 13.0. The monoisotopic (exact) mass is 386 g/mol. The van der Waals surface area contributed by atoms with Crippen molar-refractivity contribution in [2.45, 2.75) is 6.54 Å². The summed E-state index contributed by atoms with van der Waals surface area (Å²) in [5.74, 6) is 0.747. The topological polar surface area (TPSA) is 99.3 Å². The third-order valence-electron chi connectivity index (χ3n) is 3.86. The number of benzene rings is 2. The van der Waals surface area contributed by atoms with E-state index in [0.29, 0.717) is 12.4 Å². The summed E-state index contributed by atoms with van der Waals surface area (Å²) in [5.41, 5.74) is 0.934. The van der Waals surface area contributed by atoms with Crippen LogP contribution in [0.15, 0.2) is 54.7 Å². The molecule has 1 amide bonds. The van der Waals surface area contributed by atoms with Crippen LogP contribution in [0.25, 0.3) is 0 Å². The van der Waals surface area contributed by atoms with E-state index in [2.05, 4.69) is 10.4 Å². The summed E-state index contributed by atoms with van der Waals surface area (Å²) in [6.45, 7) is 0.445. The molecule has 138 valence electrons. The lowest BCUT2D eigenvalue weighted by Gasteiger charge is -2.10. The molecule has 0 aliphatic heterocycles. The van der Waals surface area contributed by atoms with Crippen LogP contribution in [0.2, 0.25) is 5.02 Å². The number of halogens is 1. The Morgan fingerprint density at radius 1 is 1.26 bits per heavy atom. The fourth-order valence-electron chi connectivity index (χ4n) is 2.45. The summed E-state index contributed by atoms with van der Waals surface area (Å²) >= 11 is 6.01. The van der Waals surface area contributed by atoms with Gasteiger partial charge in [0.15, 0.2) is 0 Å². The number of nitro groups is 1. The van der Waals surface area contributed by atoms with Crippen molar-refractivity contribution < 1.29 is 14.5 Å². The average molecular weight is 387 g/mol. The summed E-state index contributed by atoms with van der Waals surface area (Å²) in [7, 11) is 1.60. The molecule has 9 heteroatoms. The van der Waals surface area contributed by atoms with Crippen molar-refractivity contribution in [3.63, 3.8) is 0 Å². The second kappa shape index (κ2) is 7.88. The van der Waals surface area contributed by atoms with Crippen LogP contribution in [-0.4, -0.2) is 27.7 Å². The van der Waals surface area contributed by atoms with Gasteiger partial charge in [-0.2, -0.15) is 5.10 Å². The Labute approximate surface area is 159 Å². The molecular weight excluding hydrogens is 372 g/mol. The third kappa shape index (κ3) is 4.24. The predicted octanol–water partition coefficient (Wildman–Crippen LogP) is 3.75. The molecule has 0 aliphatic rings. The third-order valence-corrected chi connectivity index (χ3v) is 4.17. The number of carbonyl (C=O) groups is 1. The first-order valence-electron chi connectivity index (χ1n) is 7.88. The molecular formula is C18H15ClN4O4. The van der Waals surface area contributed by atoms with Gasteiger partial charge in [-0.1, -0.05) is 23.7 Å². The van der Waals surface area contributed by atoms with Gasteiger partial charge >= 0.3 is 0 Å². The van der Waals surface area contributed by atoms with Gasteiger partial charge in [-0.15, -0.1) is 0 Å². The van der Waals surface area contributed by atoms with E-state index in [1.165, 1.54) is 12.1 Å². The number of carbonyl (C=O) groups excluding carboxylic acids is 1. The first kappa shape index (κ1) is 18.4. The fraction of sp³-hybridized carbons (Fsp3) is 0.111. The highest BCUT2D eigenvalue weighted by atomic mass is 35.5. The fourth-order valence-corrected chi connectivity index (χ4v) is 2.71. The highest BCUT2D eigenvalue weighted by Gasteiger charge is 2.16. The lowest BCUT2D eigenvalue weighted by Crippen LogP contribution is -2.16. The number of hydrogen-bond donors (Lipinski definition) is 1. The zero-order valence-corrected chi connectivity index (χ0v) is 15.0. The lowest BCUT2D eigenvalue weighted by atomic mass is 10.2. The molecule has 27 heavy (non-hydrogen) atoms. The lowest BCUT2D eigenvalue weighted by molar-refractivity contribution is -0.384. The van der Waals surface area contributed by atoms with Crippen molar-refractivity contribution in [3.05, 3.63) is 81.0 Å². The largest absolute Gasteiger partial charge is 0.497 e. The van der Waals surface area contributed by atoms with E-state index in [1.54, 1.807) is 24.1 Å². The standard InChI is InChI=1S/C18H15ClN4O4/c1-27-14-5-2-12(3-6-14)11-22-17(8-9-20-22)21-18(24)15-7-4-13(23(25)26)10-16(15)19/h2-10H,11H2,1H3,(H,21,24). The van der Waals surface area contributed by atoms with E-state index >= 15 is 0 Å². The Kier molecular flexibility index (Phi) is 5.37. The SMILES string of the molecule is COc1ccc(Cn2nccc2NC(=O)c2ccc([N+](=O)[O-])cc2Cl)cc1. The highest BCUT2D eigenvalue weighted by Crippen LogP contribution is 2.23. The van der Waals surface area contributed by atoms with Gasteiger partial charge in [0.05, 0.1) is 35.4 Å². The van der Waals surface area contributed by atoms with Crippen LogP contribution in [0.4, 0.5) is 11.5 Å². The quantitative estimate of drug-likeness (QED) is 0.513. The number of nitrogens with one attached hydrogen (secondary N) is 1. The summed E-state index contributed by atoms with van der Waals surface area (Å²) in [6.07, 6.45) is 1.57. The Balaban J connectivity index is 1.75.